The van der Waals surface area contributed by atoms with E-state index in [2.05, 4.69) is 64.6 Å². The van der Waals surface area contributed by atoms with E-state index in [-0.39, 0.29) is 12.1 Å². The molecule has 0 bridgehead atoms. The summed E-state index contributed by atoms with van der Waals surface area (Å²) in [5.74, 6) is 1.49. The van der Waals surface area contributed by atoms with Crippen molar-refractivity contribution in [1.29, 1.82) is 0 Å². The van der Waals surface area contributed by atoms with Gasteiger partial charge in [0.05, 0.1) is 5.70 Å². The van der Waals surface area contributed by atoms with Crippen molar-refractivity contribution in [2.45, 2.75) is 24.2 Å². The Morgan fingerprint density at radius 1 is 1.03 bits per heavy atom. The summed E-state index contributed by atoms with van der Waals surface area (Å²) in [5, 5.41) is 9.78. The molecule has 2 aliphatic heterocycles. The number of aromatic nitrogens is 3. The van der Waals surface area contributed by atoms with E-state index in [0.717, 1.165) is 38.2 Å². The van der Waals surface area contributed by atoms with E-state index in [1.807, 2.05) is 41.3 Å². The summed E-state index contributed by atoms with van der Waals surface area (Å²) in [4.78, 5) is 4.75. The molecule has 2 atom stereocenters. The van der Waals surface area contributed by atoms with Crippen LogP contribution in [0.5, 0.6) is 5.75 Å². The lowest BCUT2D eigenvalue weighted by molar-refractivity contribution is 0.223. The van der Waals surface area contributed by atoms with E-state index >= 15 is 0 Å². The molecule has 5 nitrogen and oxygen atoms in total. The van der Waals surface area contributed by atoms with Crippen molar-refractivity contribution >= 4 is 50.9 Å². The number of fused-ring (bicyclic) bond motifs is 3. The summed E-state index contributed by atoms with van der Waals surface area (Å²) in [6.45, 7) is 2.09. The quantitative estimate of drug-likeness (QED) is 0.271. The standard InChI is InChI=1S/C26H20BrClN4OS/c1-14-3-5-15(6-4-14)23-21-22(29-25-30-26(34-2)31-32(23)25)19-13-18(28)11-12-20(19)33-24(21)16-7-9-17(27)10-8-16/h3-13,23-24H,1-2H3,(H,29,30,31)/t23-,24-/m0/s1. The molecule has 0 unspecified atom stereocenters. The van der Waals surface area contributed by atoms with Crippen LogP contribution in [0.2, 0.25) is 5.02 Å². The van der Waals surface area contributed by atoms with Gasteiger partial charge in [0.1, 0.15) is 17.9 Å². The topological polar surface area (TPSA) is 52.0 Å². The smallest absolute Gasteiger partial charge is 0.227 e. The number of benzene rings is 3. The molecule has 1 N–H and O–H groups in total. The number of nitrogens with one attached hydrogen (secondary N) is 1. The van der Waals surface area contributed by atoms with Gasteiger partial charge in [0.2, 0.25) is 11.1 Å². The second-order valence-electron chi connectivity index (χ2n) is 8.33. The number of rotatable bonds is 3. The highest BCUT2D eigenvalue weighted by atomic mass is 79.9. The Labute approximate surface area is 215 Å². The van der Waals surface area contributed by atoms with E-state index in [9.17, 15) is 0 Å². The highest BCUT2D eigenvalue weighted by molar-refractivity contribution is 9.10. The molecule has 0 saturated heterocycles. The van der Waals surface area contributed by atoms with Crippen LogP contribution in [0.4, 0.5) is 5.95 Å². The lowest BCUT2D eigenvalue weighted by Gasteiger charge is -2.39. The van der Waals surface area contributed by atoms with E-state index < -0.39 is 0 Å². The fourth-order valence-corrected chi connectivity index (χ4v) is 5.33. The highest BCUT2D eigenvalue weighted by Gasteiger charge is 2.41. The molecular weight excluding hydrogens is 532 g/mol. The third kappa shape index (κ3) is 3.63. The van der Waals surface area contributed by atoms with Gasteiger partial charge in [0, 0.05) is 20.6 Å². The largest absolute Gasteiger partial charge is 0.480 e. The summed E-state index contributed by atoms with van der Waals surface area (Å²) in [7, 11) is 0. The maximum atomic E-state index is 6.67. The second-order valence-corrected chi connectivity index (χ2v) is 10.5. The normalized spacial score (nSPS) is 18.5. The van der Waals surface area contributed by atoms with Crippen molar-refractivity contribution in [3.05, 3.63) is 104 Å². The van der Waals surface area contributed by atoms with Crippen LogP contribution in [-0.4, -0.2) is 21.0 Å². The number of nitrogens with zero attached hydrogens (tertiary/aromatic N) is 3. The van der Waals surface area contributed by atoms with Gasteiger partial charge < -0.3 is 10.1 Å². The van der Waals surface area contributed by atoms with Gasteiger partial charge in [-0.05, 0) is 54.6 Å². The first-order valence-corrected chi connectivity index (χ1v) is 13.2. The number of halogens is 2. The number of thioether (sulfide) groups is 1. The minimum atomic E-state index is -0.314. The third-order valence-corrected chi connectivity index (χ3v) is 7.46. The molecule has 6 rings (SSSR count). The molecule has 3 aromatic carbocycles. The Bertz CT molecular complexity index is 1430. The Hall–Kier alpha value is -2.74. The zero-order valence-electron chi connectivity index (χ0n) is 18.4. The lowest BCUT2D eigenvalue weighted by Crippen LogP contribution is -2.32. The van der Waals surface area contributed by atoms with Gasteiger partial charge >= 0.3 is 0 Å². The second kappa shape index (κ2) is 8.48. The van der Waals surface area contributed by atoms with Gasteiger partial charge in [-0.25, -0.2) is 4.68 Å². The molecule has 3 heterocycles. The molecule has 0 amide bonds. The number of hydrogen-bond donors (Lipinski definition) is 1. The van der Waals surface area contributed by atoms with Crippen LogP contribution in [0.25, 0.3) is 5.70 Å². The van der Waals surface area contributed by atoms with Gasteiger partial charge in [-0.2, -0.15) is 4.98 Å². The molecule has 4 aromatic rings. The van der Waals surface area contributed by atoms with Gasteiger partial charge in [0.25, 0.3) is 0 Å². The molecule has 0 fully saturated rings. The van der Waals surface area contributed by atoms with Crippen molar-refractivity contribution in [1.82, 2.24) is 14.8 Å². The predicted octanol–water partition coefficient (Wildman–Crippen LogP) is 7.28. The van der Waals surface area contributed by atoms with Crippen molar-refractivity contribution < 1.29 is 4.74 Å². The third-order valence-electron chi connectivity index (χ3n) is 6.16. The predicted molar refractivity (Wildman–Crippen MR) is 141 cm³/mol. The zero-order valence-corrected chi connectivity index (χ0v) is 21.6. The summed E-state index contributed by atoms with van der Waals surface area (Å²) in [6.07, 6.45) is 1.67. The molecular formula is C26H20BrClN4OS. The average molecular weight is 552 g/mol. The summed E-state index contributed by atoms with van der Waals surface area (Å²) in [6, 6.07) is 22.4. The van der Waals surface area contributed by atoms with Crippen molar-refractivity contribution in [3.63, 3.8) is 0 Å². The van der Waals surface area contributed by atoms with Crippen LogP contribution in [-0.2, 0) is 0 Å². The van der Waals surface area contributed by atoms with Crippen molar-refractivity contribution in [2.24, 2.45) is 0 Å². The van der Waals surface area contributed by atoms with Crippen LogP contribution >= 0.6 is 39.3 Å². The average Bonchev–Trinajstić information content (AvgIpc) is 3.27. The summed E-state index contributed by atoms with van der Waals surface area (Å²) >= 11 is 11.5. The molecule has 34 heavy (non-hydrogen) atoms. The summed E-state index contributed by atoms with van der Waals surface area (Å²) < 4.78 is 9.66. The fourth-order valence-electron chi connectivity index (χ4n) is 4.55. The summed E-state index contributed by atoms with van der Waals surface area (Å²) in [5.41, 5.74) is 6.35. The first kappa shape index (κ1) is 21.8. The van der Waals surface area contributed by atoms with E-state index in [1.54, 1.807) is 0 Å². The van der Waals surface area contributed by atoms with Crippen LogP contribution < -0.4 is 10.1 Å². The first-order chi connectivity index (χ1) is 16.5. The molecule has 0 spiro atoms. The molecule has 0 saturated carbocycles. The minimum absolute atomic E-state index is 0.193. The monoisotopic (exact) mass is 550 g/mol. The van der Waals surface area contributed by atoms with Gasteiger partial charge in [-0.1, -0.05) is 81.3 Å². The lowest BCUT2D eigenvalue weighted by atomic mass is 9.84. The first-order valence-electron chi connectivity index (χ1n) is 10.8. The minimum Gasteiger partial charge on any atom is -0.480 e. The molecule has 8 heteroatoms. The molecule has 2 aliphatic rings. The van der Waals surface area contributed by atoms with Crippen LogP contribution in [0.15, 0.2) is 81.9 Å². The van der Waals surface area contributed by atoms with E-state index in [1.165, 1.54) is 17.3 Å². The number of ether oxygens (including phenoxy) is 1. The maximum Gasteiger partial charge on any atom is 0.227 e. The van der Waals surface area contributed by atoms with Crippen molar-refractivity contribution in [3.8, 4) is 5.75 Å². The van der Waals surface area contributed by atoms with Gasteiger partial charge in [-0.15, -0.1) is 5.10 Å². The van der Waals surface area contributed by atoms with E-state index in [4.69, 9.17) is 26.4 Å². The van der Waals surface area contributed by atoms with Crippen molar-refractivity contribution in [2.75, 3.05) is 11.6 Å². The molecule has 1 aromatic heterocycles. The Kier molecular flexibility index (Phi) is 5.43. The number of aryl methyl sites for hydroxylation is 1. The molecule has 0 radical (unpaired) electrons. The Balaban J connectivity index is 1.63. The number of anilines is 1. The zero-order chi connectivity index (χ0) is 23.4. The molecule has 170 valence electrons. The highest BCUT2D eigenvalue weighted by Crippen LogP contribution is 2.51. The van der Waals surface area contributed by atoms with Gasteiger partial charge in [0.15, 0.2) is 0 Å². The SMILES string of the molecule is CSc1nc2n(n1)[C@@H](c1ccc(C)cc1)C1=C(N2)c2cc(Cl)ccc2O[C@H]1c1ccc(Br)cc1. The number of hydrogen-bond acceptors (Lipinski definition) is 5. The van der Waals surface area contributed by atoms with Crippen LogP contribution in [0.1, 0.15) is 34.4 Å². The van der Waals surface area contributed by atoms with E-state index in [0.29, 0.717) is 16.1 Å². The Morgan fingerprint density at radius 2 is 1.76 bits per heavy atom. The Morgan fingerprint density at radius 3 is 2.50 bits per heavy atom. The fraction of sp³-hybridized carbons (Fsp3) is 0.154. The van der Waals surface area contributed by atoms with Crippen LogP contribution in [0, 0.1) is 6.92 Å². The maximum absolute atomic E-state index is 6.67. The molecule has 0 aliphatic carbocycles. The van der Waals surface area contributed by atoms with Gasteiger partial charge in [-0.3, -0.25) is 0 Å². The van der Waals surface area contributed by atoms with Crippen LogP contribution in [0.3, 0.4) is 0 Å².